The summed E-state index contributed by atoms with van der Waals surface area (Å²) in [7, 11) is 2.05. The van der Waals surface area contributed by atoms with E-state index in [2.05, 4.69) is 25.8 Å². The van der Waals surface area contributed by atoms with Crippen LogP contribution in [0.15, 0.2) is 24.3 Å². The molecule has 0 bridgehead atoms. The molecule has 2 atom stereocenters. The summed E-state index contributed by atoms with van der Waals surface area (Å²) in [5.41, 5.74) is 7.35. The van der Waals surface area contributed by atoms with Crippen LogP contribution in [0.5, 0.6) is 0 Å². The summed E-state index contributed by atoms with van der Waals surface area (Å²) in [6, 6.07) is 7.53. The lowest BCUT2D eigenvalue weighted by Crippen LogP contribution is -2.51. The zero-order valence-electron chi connectivity index (χ0n) is 12.2. The molecule has 2 unspecified atom stereocenters. The van der Waals surface area contributed by atoms with Crippen LogP contribution >= 0.6 is 0 Å². The van der Waals surface area contributed by atoms with Gasteiger partial charge in [-0.05, 0) is 37.8 Å². The first-order chi connectivity index (χ1) is 8.89. The van der Waals surface area contributed by atoms with E-state index in [0.717, 1.165) is 18.4 Å². The van der Waals surface area contributed by atoms with E-state index >= 15 is 0 Å². The van der Waals surface area contributed by atoms with E-state index in [4.69, 9.17) is 5.73 Å². The van der Waals surface area contributed by atoms with Crippen molar-refractivity contribution < 1.29 is 4.39 Å². The fourth-order valence-electron chi connectivity index (χ4n) is 3.06. The molecule has 0 amide bonds. The van der Waals surface area contributed by atoms with Crippen molar-refractivity contribution >= 4 is 0 Å². The van der Waals surface area contributed by atoms with Crippen molar-refractivity contribution in [2.75, 3.05) is 7.05 Å². The summed E-state index contributed by atoms with van der Waals surface area (Å²) in [5.74, 6) is -0.127. The van der Waals surface area contributed by atoms with Gasteiger partial charge in [0.05, 0.1) is 0 Å². The minimum Gasteiger partial charge on any atom is -0.326 e. The smallest absolute Gasteiger partial charge is 0.127 e. The first-order valence-corrected chi connectivity index (χ1v) is 7.08. The van der Waals surface area contributed by atoms with Gasteiger partial charge in [-0.2, -0.15) is 0 Å². The van der Waals surface area contributed by atoms with Crippen LogP contribution in [0.25, 0.3) is 0 Å². The zero-order chi connectivity index (χ0) is 14.0. The first-order valence-electron chi connectivity index (χ1n) is 7.08. The number of benzene rings is 1. The van der Waals surface area contributed by atoms with Crippen LogP contribution in [-0.4, -0.2) is 24.0 Å². The fourth-order valence-corrected chi connectivity index (χ4v) is 3.06. The molecule has 1 aromatic carbocycles. The summed E-state index contributed by atoms with van der Waals surface area (Å²) < 4.78 is 13.7. The third kappa shape index (κ3) is 3.54. The highest BCUT2D eigenvalue weighted by Gasteiger charge is 2.35. The van der Waals surface area contributed by atoms with Gasteiger partial charge in [-0.3, -0.25) is 4.90 Å². The average Bonchev–Trinajstić information content (AvgIpc) is 2.35. The van der Waals surface area contributed by atoms with E-state index in [1.807, 2.05) is 12.1 Å². The fraction of sp³-hybridized carbons (Fsp3) is 0.625. The molecule has 1 saturated carbocycles. The largest absolute Gasteiger partial charge is 0.326 e. The molecular formula is C16H25FN2. The minimum atomic E-state index is -0.127. The van der Waals surface area contributed by atoms with Crippen molar-refractivity contribution in [1.29, 1.82) is 0 Å². The number of likely N-dealkylation sites (N-methyl/N-ethyl adjacent to an activating group) is 1. The van der Waals surface area contributed by atoms with Gasteiger partial charge in [0.25, 0.3) is 0 Å². The minimum absolute atomic E-state index is 0.127. The Balaban J connectivity index is 2.06. The molecule has 2 nitrogen and oxygen atoms in total. The second-order valence-electron chi connectivity index (χ2n) is 6.64. The van der Waals surface area contributed by atoms with Gasteiger partial charge in [0.2, 0.25) is 0 Å². The molecule has 0 saturated heterocycles. The maximum absolute atomic E-state index is 13.7. The molecule has 3 heteroatoms. The van der Waals surface area contributed by atoms with Gasteiger partial charge in [-0.1, -0.05) is 32.0 Å². The van der Waals surface area contributed by atoms with E-state index in [-0.39, 0.29) is 11.9 Å². The Hall–Kier alpha value is -0.930. The Morgan fingerprint density at radius 2 is 2.05 bits per heavy atom. The Bertz CT molecular complexity index is 431. The lowest BCUT2D eigenvalue weighted by molar-refractivity contribution is 0.0910. The molecule has 1 aliphatic rings. The van der Waals surface area contributed by atoms with E-state index < -0.39 is 0 Å². The summed E-state index contributed by atoms with van der Waals surface area (Å²) >= 11 is 0. The summed E-state index contributed by atoms with van der Waals surface area (Å²) in [5, 5.41) is 0. The van der Waals surface area contributed by atoms with E-state index in [9.17, 15) is 4.39 Å². The molecule has 0 radical (unpaired) electrons. The normalized spacial score (nSPS) is 26.6. The van der Waals surface area contributed by atoms with Gasteiger partial charge in [0.1, 0.15) is 5.82 Å². The molecule has 0 heterocycles. The van der Waals surface area contributed by atoms with Crippen molar-refractivity contribution in [1.82, 2.24) is 4.90 Å². The Labute approximate surface area is 115 Å². The van der Waals surface area contributed by atoms with Crippen molar-refractivity contribution in [2.45, 2.75) is 51.7 Å². The van der Waals surface area contributed by atoms with Crippen LogP contribution in [0.1, 0.15) is 38.7 Å². The van der Waals surface area contributed by atoms with Crippen LogP contribution in [-0.2, 0) is 6.54 Å². The molecule has 0 aromatic heterocycles. The predicted octanol–water partition coefficient (Wildman–Crippen LogP) is 3.16. The second-order valence-corrected chi connectivity index (χ2v) is 6.64. The quantitative estimate of drug-likeness (QED) is 0.908. The van der Waals surface area contributed by atoms with E-state index in [0.29, 0.717) is 18.0 Å². The van der Waals surface area contributed by atoms with Crippen molar-refractivity contribution in [3.8, 4) is 0 Å². The molecule has 2 N–H and O–H groups in total. The van der Waals surface area contributed by atoms with Crippen molar-refractivity contribution in [2.24, 2.45) is 11.1 Å². The Morgan fingerprint density at radius 3 is 2.74 bits per heavy atom. The number of hydrogen-bond donors (Lipinski definition) is 1. The van der Waals surface area contributed by atoms with Crippen LogP contribution in [0, 0.1) is 11.2 Å². The van der Waals surface area contributed by atoms with Crippen molar-refractivity contribution in [3.63, 3.8) is 0 Å². The topological polar surface area (TPSA) is 29.3 Å². The maximum Gasteiger partial charge on any atom is 0.127 e. The number of halogens is 1. The average molecular weight is 264 g/mol. The molecular weight excluding hydrogens is 239 g/mol. The molecule has 0 aliphatic heterocycles. The summed E-state index contributed by atoms with van der Waals surface area (Å²) in [4.78, 5) is 2.21. The lowest BCUT2D eigenvalue weighted by Gasteiger charge is -2.43. The van der Waals surface area contributed by atoms with Gasteiger partial charge in [-0.25, -0.2) is 4.39 Å². The van der Waals surface area contributed by atoms with Gasteiger partial charge < -0.3 is 5.73 Å². The van der Waals surface area contributed by atoms with Gasteiger partial charge in [-0.15, -0.1) is 0 Å². The standard InChI is InChI=1S/C16H25FN2/c1-16(2)9-8-14(18)15(10-16)19(3)11-12-6-4-5-7-13(12)17/h4-7,14-15H,8-11,18H2,1-3H3. The third-order valence-corrected chi connectivity index (χ3v) is 4.35. The summed E-state index contributed by atoms with van der Waals surface area (Å²) in [6.45, 7) is 5.22. The lowest BCUT2D eigenvalue weighted by atomic mass is 9.72. The molecule has 1 aliphatic carbocycles. The predicted molar refractivity (Wildman–Crippen MR) is 77.3 cm³/mol. The van der Waals surface area contributed by atoms with Gasteiger partial charge in [0, 0.05) is 24.2 Å². The number of nitrogens with two attached hydrogens (primary N) is 1. The highest BCUT2D eigenvalue weighted by Crippen LogP contribution is 2.36. The molecule has 1 fully saturated rings. The summed E-state index contributed by atoms with van der Waals surface area (Å²) in [6.07, 6.45) is 3.32. The number of hydrogen-bond acceptors (Lipinski definition) is 2. The van der Waals surface area contributed by atoms with E-state index in [1.54, 1.807) is 6.07 Å². The highest BCUT2D eigenvalue weighted by atomic mass is 19.1. The SMILES string of the molecule is CN(Cc1ccccc1F)C1CC(C)(C)CCC1N. The highest BCUT2D eigenvalue weighted by molar-refractivity contribution is 5.17. The van der Waals surface area contributed by atoms with Crippen LogP contribution in [0.2, 0.25) is 0 Å². The van der Waals surface area contributed by atoms with Crippen LogP contribution in [0.3, 0.4) is 0 Å². The monoisotopic (exact) mass is 264 g/mol. The molecule has 0 spiro atoms. The van der Waals surface area contributed by atoms with Crippen LogP contribution in [0.4, 0.5) is 4.39 Å². The second kappa shape index (κ2) is 5.59. The molecule has 106 valence electrons. The van der Waals surface area contributed by atoms with Gasteiger partial charge >= 0.3 is 0 Å². The van der Waals surface area contributed by atoms with Crippen LogP contribution < -0.4 is 5.73 Å². The van der Waals surface area contributed by atoms with Gasteiger partial charge in [0.15, 0.2) is 0 Å². The van der Waals surface area contributed by atoms with E-state index in [1.165, 1.54) is 12.5 Å². The maximum atomic E-state index is 13.7. The zero-order valence-corrected chi connectivity index (χ0v) is 12.2. The number of rotatable bonds is 3. The first kappa shape index (κ1) is 14.5. The molecule has 1 aromatic rings. The Kier molecular flexibility index (Phi) is 4.26. The molecule has 2 rings (SSSR count). The number of nitrogens with zero attached hydrogens (tertiary/aromatic N) is 1. The Morgan fingerprint density at radius 1 is 1.37 bits per heavy atom. The van der Waals surface area contributed by atoms with Crippen molar-refractivity contribution in [3.05, 3.63) is 35.6 Å². The molecule has 19 heavy (non-hydrogen) atoms. The third-order valence-electron chi connectivity index (χ3n) is 4.35.